The van der Waals surface area contributed by atoms with Gasteiger partial charge in [0.05, 0.1) is 15.9 Å². The van der Waals surface area contributed by atoms with Crippen LogP contribution in [0.3, 0.4) is 0 Å². The molecule has 1 aromatic heterocycles. The van der Waals surface area contributed by atoms with Crippen molar-refractivity contribution in [3.8, 4) is 0 Å². The van der Waals surface area contributed by atoms with Crippen molar-refractivity contribution in [2.24, 2.45) is 0 Å². The van der Waals surface area contributed by atoms with Gasteiger partial charge in [0.15, 0.2) is 0 Å². The van der Waals surface area contributed by atoms with Crippen molar-refractivity contribution in [1.82, 2.24) is 14.3 Å². The number of nitrogens with one attached hydrogen (secondary N) is 1. The highest BCUT2D eigenvalue weighted by atomic mass is 79.9. The van der Waals surface area contributed by atoms with Gasteiger partial charge in [-0.25, -0.2) is 13.4 Å². The summed E-state index contributed by atoms with van der Waals surface area (Å²) >= 11 is 3.35. The van der Waals surface area contributed by atoms with Crippen LogP contribution >= 0.6 is 15.9 Å². The number of H-pyrrole nitrogens is 1. The molecule has 1 saturated heterocycles. The Labute approximate surface area is 155 Å². The minimum Gasteiger partial charge on any atom is -0.342 e. The maximum absolute atomic E-state index is 12.9. The van der Waals surface area contributed by atoms with Crippen LogP contribution in [0.5, 0.6) is 0 Å². The molecule has 0 saturated carbocycles. The van der Waals surface area contributed by atoms with E-state index in [-0.39, 0.29) is 5.92 Å². The third-order valence-electron chi connectivity index (χ3n) is 4.70. The number of fused-ring (bicyclic) bond motifs is 1. The van der Waals surface area contributed by atoms with E-state index in [0.717, 1.165) is 29.7 Å². The highest BCUT2D eigenvalue weighted by Gasteiger charge is 2.31. The molecule has 0 aliphatic carbocycles. The fourth-order valence-corrected chi connectivity index (χ4v) is 5.76. The first-order valence-corrected chi connectivity index (χ1v) is 10.5. The van der Waals surface area contributed by atoms with Gasteiger partial charge in [-0.3, -0.25) is 0 Å². The van der Waals surface area contributed by atoms with E-state index < -0.39 is 10.0 Å². The predicted octanol–water partition coefficient (Wildman–Crippen LogP) is 3.89. The maximum atomic E-state index is 12.9. The summed E-state index contributed by atoms with van der Waals surface area (Å²) in [7, 11) is -3.47. The highest BCUT2D eigenvalue weighted by molar-refractivity contribution is 9.10. The fourth-order valence-electron chi connectivity index (χ4n) is 3.33. The van der Waals surface area contributed by atoms with Crippen molar-refractivity contribution in [2.75, 3.05) is 13.1 Å². The number of rotatable bonds is 3. The lowest BCUT2D eigenvalue weighted by Crippen LogP contribution is -2.38. The molecule has 0 bridgehead atoms. The van der Waals surface area contributed by atoms with E-state index >= 15 is 0 Å². The van der Waals surface area contributed by atoms with Crippen LogP contribution in [0, 0.1) is 0 Å². The number of piperidine rings is 1. The molecule has 1 aliphatic heterocycles. The zero-order valence-corrected chi connectivity index (χ0v) is 15.9. The van der Waals surface area contributed by atoms with Crippen molar-refractivity contribution in [2.45, 2.75) is 23.7 Å². The summed E-state index contributed by atoms with van der Waals surface area (Å²) in [5.74, 6) is 1.22. The molecule has 0 spiro atoms. The van der Waals surface area contributed by atoms with Gasteiger partial charge >= 0.3 is 0 Å². The number of sulfonamides is 1. The Morgan fingerprint density at radius 1 is 1.04 bits per heavy atom. The normalized spacial score (nSPS) is 17.2. The zero-order valence-electron chi connectivity index (χ0n) is 13.5. The van der Waals surface area contributed by atoms with E-state index in [1.165, 1.54) is 0 Å². The minimum atomic E-state index is -3.47. The smallest absolute Gasteiger partial charge is 0.244 e. The summed E-state index contributed by atoms with van der Waals surface area (Å²) < 4.78 is 27.9. The molecule has 130 valence electrons. The van der Waals surface area contributed by atoms with Crippen LogP contribution < -0.4 is 0 Å². The second-order valence-corrected chi connectivity index (χ2v) is 9.01. The summed E-state index contributed by atoms with van der Waals surface area (Å²) in [4.78, 5) is 8.37. The Kier molecular flexibility index (Phi) is 4.39. The standard InChI is InChI=1S/C18H18BrN3O2S/c19-14-5-1-4-8-17(14)25(23,24)22-11-9-13(10-12-22)18-20-15-6-2-3-7-16(15)21-18/h1-8,13H,9-12H2,(H,20,21). The molecule has 2 heterocycles. The number of aromatic amines is 1. The van der Waals surface area contributed by atoms with Crippen molar-refractivity contribution in [3.63, 3.8) is 0 Å². The van der Waals surface area contributed by atoms with Gasteiger partial charge in [0.25, 0.3) is 0 Å². The number of aromatic nitrogens is 2. The van der Waals surface area contributed by atoms with Crippen LogP contribution in [0.15, 0.2) is 57.9 Å². The molecule has 25 heavy (non-hydrogen) atoms. The largest absolute Gasteiger partial charge is 0.342 e. The minimum absolute atomic E-state index is 0.262. The lowest BCUT2D eigenvalue weighted by atomic mass is 9.97. The summed E-state index contributed by atoms with van der Waals surface area (Å²) in [6.45, 7) is 1.01. The van der Waals surface area contributed by atoms with Crippen LogP contribution in [0.4, 0.5) is 0 Å². The topological polar surface area (TPSA) is 66.1 Å². The molecule has 7 heteroatoms. The molecule has 0 atom stereocenters. The van der Waals surface area contributed by atoms with Crippen LogP contribution in [0.25, 0.3) is 11.0 Å². The van der Waals surface area contributed by atoms with Crippen LogP contribution in [0.1, 0.15) is 24.6 Å². The zero-order chi connectivity index (χ0) is 17.4. The third kappa shape index (κ3) is 3.12. The number of hydrogen-bond acceptors (Lipinski definition) is 3. The Bertz CT molecular complexity index is 975. The first kappa shape index (κ1) is 16.8. The second-order valence-electron chi connectivity index (χ2n) is 6.25. The van der Waals surface area contributed by atoms with Gasteiger partial charge in [0, 0.05) is 23.5 Å². The average Bonchev–Trinajstić information content (AvgIpc) is 3.06. The first-order chi connectivity index (χ1) is 12.1. The van der Waals surface area contributed by atoms with Crippen LogP contribution in [-0.4, -0.2) is 35.8 Å². The van der Waals surface area contributed by atoms with E-state index in [4.69, 9.17) is 0 Å². The summed E-state index contributed by atoms with van der Waals surface area (Å²) in [6, 6.07) is 14.9. The predicted molar refractivity (Wildman–Crippen MR) is 101 cm³/mol. The number of imidazole rings is 1. The molecule has 0 unspecified atom stereocenters. The Morgan fingerprint density at radius 2 is 1.72 bits per heavy atom. The van der Waals surface area contributed by atoms with Gasteiger partial charge in [-0.05, 0) is 53.0 Å². The number of hydrogen-bond donors (Lipinski definition) is 1. The summed E-state index contributed by atoms with van der Waals surface area (Å²) in [6.07, 6.45) is 1.53. The molecular formula is C18H18BrN3O2S. The third-order valence-corrected chi connectivity index (χ3v) is 7.61. The van der Waals surface area contributed by atoms with Gasteiger partial charge < -0.3 is 4.98 Å². The van der Waals surface area contributed by atoms with Crippen molar-refractivity contribution in [1.29, 1.82) is 0 Å². The molecule has 0 radical (unpaired) electrons. The lowest BCUT2D eigenvalue weighted by molar-refractivity contribution is 0.314. The quantitative estimate of drug-likeness (QED) is 0.699. The Hall–Kier alpha value is -1.70. The molecule has 0 amide bonds. The van der Waals surface area contributed by atoms with E-state index in [2.05, 4.69) is 25.9 Å². The molecule has 2 aromatic carbocycles. The fraction of sp³-hybridized carbons (Fsp3) is 0.278. The molecular weight excluding hydrogens is 402 g/mol. The summed E-state index contributed by atoms with van der Waals surface area (Å²) in [5.41, 5.74) is 1.99. The average molecular weight is 420 g/mol. The number of halogens is 1. The Balaban J connectivity index is 1.52. The lowest BCUT2D eigenvalue weighted by Gasteiger charge is -2.30. The van der Waals surface area contributed by atoms with Crippen molar-refractivity contribution < 1.29 is 8.42 Å². The highest BCUT2D eigenvalue weighted by Crippen LogP contribution is 2.32. The van der Waals surface area contributed by atoms with Crippen molar-refractivity contribution in [3.05, 3.63) is 58.8 Å². The SMILES string of the molecule is O=S(=O)(c1ccccc1Br)N1CCC(c2nc3ccccc3[nH]2)CC1. The monoisotopic (exact) mass is 419 g/mol. The number of benzene rings is 2. The first-order valence-electron chi connectivity index (χ1n) is 8.25. The van der Waals surface area contributed by atoms with E-state index in [0.29, 0.717) is 22.5 Å². The van der Waals surface area contributed by atoms with Gasteiger partial charge in [0.2, 0.25) is 10.0 Å². The van der Waals surface area contributed by atoms with Crippen LogP contribution in [-0.2, 0) is 10.0 Å². The van der Waals surface area contributed by atoms with Crippen LogP contribution in [0.2, 0.25) is 0 Å². The molecule has 1 N–H and O–H groups in total. The maximum Gasteiger partial charge on any atom is 0.244 e. The number of nitrogens with zero attached hydrogens (tertiary/aromatic N) is 2. The Morgan fingerprint density at radius 3 is 2.44 bits per heavy atom. The molecule has 1 fully saturated rings. The van der Waals surface area contributed by atoms with E-state index in [9.17, 15) is 8.42 Å². The van der Waals surface area contributed by atoms with E-state index in [1.54, 1.807) is 22.5 Å². The molecule has 4 rings (SSSR count). The van der Waals surface area contributed by atoms with Gasteiger partial charge in [-0.2, -0.15) is 4.31 Å². The molecule has 3 aromatic rings. The van der Waals surface area contributed by atoms with Crippen molar-refractivity contribution >= 4 is 37.0 Å². The molecule has 1 aliphatic rings. The summed E-state index contributed by atoms with van der Waals surface area (Å²) in [5, 5.41) is 0. The second kappa shape index (κ2) is 6.55. The number of para-hydroxylation sites is 2. The van der Waals surface area contributed by atoms with Gasteiger partial charge in [0.1, 0.15) is 5.82 Å². The van der Waals surface area contributed by atoms with Gasteiger partial charge in [-0.15, -0.1) is 0 Å². The van der Waals surface area contributed by atoms with Gasteiger partial charge in [-0.1, -0.05) is 24.3 Å². The molecule has 5 nitrogen and oxygen atoms in total. The van der Waals surface area contributed by atoms with E-state index in [1.807, 2.05) is 30.3 Å².